The number of rotatable bonds is 9. The Labute approximate surface area is 210 Å². The summed E-state index contributed by atoms with van der Waals surface area (Å²) >= 11 is 0. The SMILES string of the molecule is CCCCCc1ccc(C(=O)N2CCC(N3CCC(C(=O)NCc4ccccc4)CC3)CC2)cc1. The molecule has 4 rings (SSSR count). The molecule has 5 nitrogen and oxygen atoms in total. The number of benzene rings is 2. The average molecular weight is 476 g/mol. The van der Waals surface area contributed by atoms with Gasteiger partial charge >= 0.3 is 0 Å². The molecular formula is C30H41N3O2. The third-order valence-corrected chi connectivity index (χ3v) is 7.75. The van der Waals surface area contributed by atoms with Gasteiger partial charge in [-0.25, -0.2) is 0 Å². The Bertz CT molecular complexity index is 928. The molecule has 0 bridgehead atoms. The second kappa shape index (κ2) is 12.9. The fraction of sp³-hybridized carbons (Fsp3) is 0.533. The van der Waals surface area contributed by atoms with Crippen LogP contribution in [0.15, 0.2) is 54.6 Å². The van der Waals surface area contributed by atoms with E-state index in [1.807, 2.05) is 47.4 Å². The summed E-state index contributed by atoms with van der Waals surface area (Å²) in [5, 5.41) is 3.11. The van der Waals surface area contributed by atoms with Crippen LogP contribution >= 0.6 is 0 Å². The summed E-state index contributed by atoms with van der Waals surface area (Å²) in [6.07, 6.45) is 8.68. The molecule has 2 aliphatic heterocycles. The second-order valence-electron chi connectivity index (χ2n) is 10.2. The minimum atomic E-state index is 0.113. The molecule has 35 heavy (non-hydrogen) atoms. The van der Waals surface area contributed by atoms with Crippen LogP contribution in [0.2, 0.25) is 0 Å². The smallest absolute Gasteiger partial charge is 0.253 e. The summed E-state index contributed by atoms with van der Waals surface area (Å²) in [6, 6.07) is 18.9. The molecule has 188 valence electrons. The van der Waals surface area contributed by atoms with E-state index < -0.39 is 0 Å². The standard InChI is InChI=1S/C30H41N3O2/c1-2-3-5-8-24-11-13-27(14-12-24)30(35)33-21-17-28(18-22-33)32-19-15-26(16-20-32)29(34)31-23-25-9-6-4-7-10-25/h4,6-7,9-14,26,28H,2-3,5,8,15-23H2,1H3,(H,31,34). The Hall–Kier alpha value is -2.66. The van der Waals surface area contributed by atoms with Crippen molar-refractivity contribution >= 4 is 11.8 Å². The molecule has 0 unspecified atom stereocenters. The predicted molar refractivity (Wildman–Crippen MR) is 141 cm³/mol. The van der Waals surface area contributed by atoms with Crippen molar-refractivity contribution in [3.63, 3.8) is 0 Å². The highest BCUT2D eigenvalue weighted by Gasteiger charge is 2.31. The highest BCUT2D eigenvalue weighted by molar-refractivity contribution is 5.94. The number of amides is 2. The van der Waals surface area contributed by atoms with Gasteiger partial charge in [0.05, 0.1) is 0 Å². The maximum absolute atomic E-state index is 13.0. The van der Waals surface area contributed by atoms with Gasteiger partial charge in [-0.15, -0.1) is 0 Å². The fourth-order valence-electron chi connectivity index (χ4n) is 5.47. The molecule has 2 fully saturated rings. The van der Waals surface area contributed by atoms with E-state index in [0.29, 0.717) is 12.6 Å². The monoisotopic (exact) mass is 475 g/mol. The lowest BCUT2D eigenvalue weighted by Gasteiger charge is -2.41. The summed E-state index contributed by atoms with van der Waals surface area (Å²) in [7, 11) is 0. The molecule has 0 aromatic heterocycles. The van der Waals surface area contributed by atoms with E-state index in [9.17, 15) is 9.59 Å². The van der Waals surface area contributed by atoms with Crippen LogP contribution < -0.4 is 5.32 Å². The van der Waals surface area contributed by atoms with Crippen LogP contribution in [0, 0.1) is 5.92 Å². The zero-order valence-electron chi connectivity index (χ0n) is 21.3. The van der Waals surface area contributed by atoms with Crippen LogP contribution in [-0.4, -0.2) is 53.8 Å². The van der Waals surface area contributed by atoms with Crippen molar-refractivity contribution in [3.05, 3.63) is 71.3 Å². The number of carbonyl (C=O) groups excluding carboxylic acids is 2. The molecule has 2 aromatic carbocycles. The van der Waals surface area contributed by atoms with Gasteiger partial charge < -0.3 is 15.1 Å². The minimum absolute atomic E-state index is 0.113. The number of unbranched alkanes of at least 4 members (excludes halogenated alkanes) is 2. The Morgan fingerprint density at radius 2 is 1.51 bits per heavy atom. The molecule has 1 N–H and O–H groups in total. The van der Waals surface area contributed by atoms with Crippen molar-refractivity contribution in [2.24, 2.45) is 5.92 Å². The van der Waals surface area contributed by atoms with Crippen LogP contribution in [0.4, 0.5) is 0 Å². The number of nitrogens with zero attached hydrogens (tertiary/aromatic N) is 2. The summed E-state index contributed by atoms with van der Waals surface area (Å²) in [5.74, 6) is 0.462. The quantitative estimate of drug-likeness (QED) is 0.516. The normalized spacial score (nSPS) is 17.9. The van der Waals surface area contributed by atoms with Crippen LogP contribution in [0.1, 0.15) is 73.4 Å². The Balaban J connectivity index is 1.17. The van der Waals surface area contributed by atoms with E-state index >= 15 is 0 Å². The van der Waals surface area contributed by atoms with Crippen molar-refractivity contribution < 1.29 is 9.59 Å². The van der Waals surface area contributed by atoms with E-state index in [0.717, 1.165) is 69.4 Å². The maximum atomic E-state index is 13.0. The van der Waals surface area contributed by atoms with Gasteiger partial charge in [0.15, 0.2) is 0 Å². The third kappa shape index (κ3) is 7.17. The summed E-state index contributed by atoms with van der Waals surface area (Å²) in [4.78, 5) is 30.2. The number of aryl methyl sites for hydroxylation is 1. The topological polar surface area (TPSA) is 52.7 Å². The van der Waals surface area contributed by atoms with E-state index in [1.165, 1.54) is 24.8 Å². The molecule has 0 atom stereocenters. The van der Waals surface area contributed by atoms with Gasteiger partial charge in [-0.3, -0.25) is 9.59 Å². The van der Waals surface area contributed by atoms with E-state index in [2.05, 4.69) is 29.3 Å². The first kappa shape index (κ1) is 25.4. The molecule has 0 radical (unpaired) electrons. The lowest BCUT2D eigenvalue weighted by molar-refractivity contribution is -0.126. The first-order valence-electron chi connectivity index (χ1n) is 13.6. The highest BCUT2D eigenvalue weighted by atomic mass is 16.2. The van der Waals surface area contributed by atoms with Crippen molar-refractivity contribution in [3.8, 4) is 0 Å². The van der Waals surface area contributed by atoms with Crippen LogP contribution in [0.25, 0.3) is 0 Å². The minimum Gasteiger partial charge on any atom is -0.352 e. The molecule has 2 heterocycles. The van der Waals surface area contributed by atoms with Gasteiger partial charge in [0.1, 0.15) is 0 Å². The van der Waals surface area contributed by atoms with E-state index in [4.69, 9.17) is 0 Å². The molecule has 5 heteroatoms. The maximum Gasteiger partial charge on any atom is 0.253 e. The van der Waals surface area contributed by atoms with Crippen LogP contribution in [0.5, 0.6) is 0 Å². The van der Waals surface area contributed by atoms with Crippen molar-refractivity contribution in [1.82, 2.24) is 15.1 Å². The summed E-state index contributed by atoms with van der Waals surface area (Å²) in [6.45, 7) is 6.41. The van der Waals surface area contributed by atoms with Gasteiger partial charge in [-0.2, -0.15) is 0 Å². The number of carbonyl (C=O) groups is 2. The van der Waals surface area contributed by atoms with Crippen molar-refractivity contribution in [2.75, 3.05) is 26.2 Å². The van der Waals surface area contributed by atoms with Gasteiger partial charge in [-0.1, -0.05) is 62.2 Å². The first-order valence-corrected chi connectivity index (χ1v) is 13.6. The molecule has 0 aliphatic carbocycles. The molecule has 2 saturated heterocycles. The zero-order valence-corrected chi connectivity index (χ0v) is 21.3. The van der Waals surface area contributed by atoms with Crippen molar-refractivity contribution in [1.29, 1.82) is 0 Å². The third-order valence-electron chi connectivity index (χ3n) is 7.75. The highest BCUT2D eigenvalue weighted by Crippen LogP contribution is 2.25. The Kier molecular flexibility index (Phi) is 9.35. The summed E-state index contributed by atoms with van der Waals surface area (Å²) in [5.41, 5.74) is 3.28. The molecule has 2 aromatic rings. The molecule has 0 spiro atoms. The average Bonchev–Trinajstić information content (AvgIpc) is 2.93. The number of piperidine rings is 2. The number of likely N-dealkylation sites (tertiary alicyclic amines) is 2. The second-order valence-corrected chi connectivity index (χ2v) is 10.2. The van der Waals surface area contributed by atoms with Gasteiger partial charge in [-0.05, 0) is 74.9 Å². The van der Waals surface area contributed by atoms with Gasteiger partial charge in [0.2, 0.25) is 5.91 Å². The van der Waals surface area contributed by atoms with E-state index in [-0.39, 0.29) is 17.7 Å². The van der Waals surface area contributed by atoms with Crippen LogP contribution in [0.3, 0.4) is 0 Å². The molecule has 0 saturated carbocycles. The summed E-state index contributed by atoms with van der Waals surface area (Å²) < 4.78 is 0. The Morgan fingerprint density at radius 1 is 0.829 bits per heavy atom. The fourth-order valence-corrected chi connectivity index (χ4v) is 5.47. The molecule has 2 aliphatic rings. The van der Waals surface area contributed by atoms with Gasteiger partial charge in [0, 0.05) is 37.2 Å². The van der Waals surface area contributed by atoms with E-state index in [1.54, 1.807) is 0 Å². The number of hydrogen-bond acceptors (Lipinski definition) is 3. The number of hydrogen-bond donors (Lipinski definition) is 1. The molecule has 2 amide bonds. The predicted octanol–water partition coefficient (Wildman–Crippen LogP) is 5.05. The lowest BCUT2D eigenvalue weighted by Crippen LogP contribution is -2.50. The van der Waals surface area contributed by atoms with Crippen LogP contribution in [-0.2, 0) is 17.8 Å². The largest absolute Gasteiger partial charge is 0.352 e. The number of nitrogens with one attached hydrogen (secondary N) is 1. The first-order chi connectivity index (χ1) is 17.1. The van der Waals surface area contributed by atoms with Crippen molar-refractivity contribution in [2.45, 2.75) is 70.9 Å². The van der Waals surface area contributed by atoms with Gasteiger partial charge in [0.25, 0.3) is 5.91 Å². The Morgan fingerprint density at radius 3 is 2.17 bits per heavy atom. The molecular weight excluding hydrogens is 434 g/mol. The lowest BCUT2D eigenvalue weighted by atomic mass is 9.92. The zero-order chi connectivity index (χ0) is 24.5.